The van der Waals surface area contributed by atoms with Crippen molar-refractivity contribution in [2.45, 2.75) is 12.4 Å². The molecule has 0 aliphatic carbocycles. The molecule has 0 bridgehead atoms. The molecule has 2 heterocycles. The second-order valence-corrected chi connectivity index (χ2v) is 12.4. The number of rotatable bonds is 4. The van der Waals surface area contributed by atoms with E-state index in [4.69, 9.17) is 21.5 Å². The first-order valence-corrected chi connectivity index (χ1v) is 16.3. The van der Waals surface area contributed by atoms with Gasteiger partial charge in [-0.15, -0.1) is 0 Å². The molecule has 8 aromatic rings. The highest BCUT2D eigenvalue weighted by Gasteiger charge is 2.37. The van der Waals surface area contributed by atoms with E-state index in [-0.39, 0.29) is 17.2 Å². The van der Waals surface area contributed by atoms with Crippen molar-refractivity contribution in [2.24, 2.45) is 0 Å². The molecule has 0 saturated heterocycles. The largest absolute Gasteiger partial charge is 0.416 e. The summed E-state index contributed by atoms with van der Waals surface area (Å²) >= 11 is 0. The van der Waals surface area contributed by atoms with Crippen LogP contribution in [0.5, 0.6) is 0 Å². The zero-order valence-corrected chi connectivity index (χ0v) is 27.6. The molecule has 0 spiro atoms. The summed E-state index contributed by atoms with van der Waals surface area (Å²) in [7, 11) is 0. The Morgan fingerprint density at radius 3 is 1.74 bits per heavy atom. The average Bonchev–Trinajstić information content (AvgIpc) is 3.19. The van der Waals surface area contributed by atoms with Crippen LogP contribution in [0.2, 0.25) is 0 Å². The number of aromatic nitrogens is 3. The zero-order valence-electron chi connectivity index (χ0n) is 27.6. The van der Waals surface area contributed by atoms with E-state index >= 15 is 0 Å². The van der Waals surface area contributed by atoms with E-state index in [0.29, 0.717) is 89.9 Å². The molecule has 11 heteroatoms. The maximum Gasteiger partial charge on any atom is 0.416 e. The molecular weight excluding hydrogens is 700 g/mol. The molecule has 0 fully saturated rings. The fraction of sp³-hybridized carbons (Fsp3) is 0.0465. The lowest BCUT2D eigenvalue weighted by atomic mass is 9.91. The Balaban J connectivity index is 1.44. The molecule has 0 unspecified atom stereocenters. The number of hydrogen-bond donors (Lipinski definition) is 0. The normalized spacial score (nSPS) is 11.9. The van der Waals surface area contributed by atoms with Gasteiger partial charge in [0.05, 0.1) is 63.0 Å². The number of benzene rings is 6. The number of hydrogen-bond acceptors (Lipinski definition) is 4. The number of pyridine rings is 1. The quantitative estimate of drug-likeness (QED) is 0.103. The van der Waals surface area contributed by atoms with Crippen LogP contribution in [-0.2, 0) is 12.4 Å². The van der Waals surface area contributed by atoms with Crippen molar-refractivity contribution in [1.82, 2.24) is 15.0 Å². The average molecular weight is 722 g/mol. The summed E-state index contributed by atoms with van der Waals surface area (Å²) in [6.45, 7) is 7.37. The van der Waals surface area contributed by atoms with Crippen molar-refractivity contribution in [3.05, 3.63) is 156 Å². The topological polar surface area (TPSA) is 66.8 Å². The van der Waals surface area contributed by atoms with Gasteiger partial charge in [0.15, 0.2) is 5.69 Å². The number of nitrogens with zero attached hydrogens (tertiary/aromatic N) is 5. The van der Waals surface area contributed by atoms with Crippen LogP contribution in [-0.4, -0.2) is 15.0 Å². The van der Waals surface area contributed by atoms with Gasteiger partial charge in [0, 0.05) is 27.3 Å². The number of alkyl halides is 6. The Morgan fingerprint density at radius 2 is 1.11 bits per heavy atom. The minimum Gasteiger partial charge on any atom is -0.247 e. The number of nitriles is 1. The van der Waals surface area contributed by atoms with Gasteiger partial charge in [-0.25, -0.2) is 19.8 Å². The highest BCUT2D eigenvalue weighted by Crippen LogP contribution is 2.44. The number of halogens is 6. The highest BCUT2D eigenvalue weighted by molar-refractivity contribution is 6.21. The fourth-order valence-electron chi connectivity index (χ4n) is 6.61. The Labute approximate surface area is 303 Å². The smallest absolute Gasteiger partial charge is 0.247 e. The first-order valence-electron chi connectivity index (χ1n) is 16.3. The van der Waals surface area contributed by atoms with E-state index in [2.05, 4.69) is 10.9 Å². The SMILES string of the molecule is [C-]#[N+]c1ccc(-c2nc3ccc4c(-c5ccccc5-c5cc(C(F)(F)F)cc(C(F)(F)F)c5)nc5ccccc5c4c3nc2-c2ccc(C#N)cc2)cc1. The first kappa shape index (κ1) is 34.0. The van der Waals surface area contributed by atoms with E-state index in [1.165, 1.54) is 6.07 Å². The van der Waals surface area contributed by atoms with Gasteiger partial charge in [0.1, 0.15) is 0 Å². The van der Waals surface area contributed by atoms with E-state index < -0.39 is 23.5 Å². The van der Waals surface area contributed by atoms with Gasteiger partial charge < -0.3 is 0 Å². The zero-order chi connectivity index (χ0) is 37.8. The van der Waals surface area contributed by atoms with E-state index in [1.807, 2.05) is 12.1 Å². The third-order valence-corrected chi connectivity index (χ3v) is 9.14. The molecule has 5 nitrogen and oxygen atoms in total. The van der Waals surface area contributed by atoms with Gasteiger partial charge in [-0.05, 0) is 65.2 Å². The molecule has 0 aliphatic rings. The van der Waals surface area contributed by atoms with E-state index in [1.54, 1.807) is 91.0 Å². The van der Waals surface area contributed by atoms with E-state index in [9.17, 15) is 31.6 Å². The van der Waals surface area contributed by atoms with Crippen LogP contribution in [0.25, 0.3) is 82.5 Å². The van der Waals surface area contributed by atoms with Gasteiger partial charge in [-0.1, -0.05) is 78.9 Å². The van der Waals surface area contributed by atoms with E-state index in [0.717, 1.165) is 0 Å². The van der Waals surface area contributed by atoms with Crippen LogP contribution in [0.15, 0.2) is 127 Å². The number of fused-ring (bicyclic) bond motifs is 5. The van der Waals surface area contributed by atoms with Gasteiger partial charge >= 0.3 is 12.4 Å². The summed E-state index contributed by atoms with van der Waals surface area (Å²) in [6, 6.07) is 34.5. The standard InChI is InChI=1S/C43H21F6N5/c1-51-30-16-14-26(15-17-30)38-39(25-12-10-24(23-50)11-13-25)54-41-36(53-38)19-18-34-37(41)33-8-4-5-9-35(33)52-40(34)32-7-3-2-6-31(32)27-20-28(42(44,45)46)22-29(21-27)43(47,48)49/h2-22H. The molecule has 0 atom stereocenters. The second kappa shape index (κ2) is 12.8. The summed E-state index contributed by atoms with van der Waals surface area (Å²) in [6.07, 6.45) is -10.1. The predicted octanol–water partition coefficient (Wildman–Crippen LogP) is 12.5. The maximum atomic E-state index is 14.0. The third kappa shape index (κ3) is 6.02. The molecular formula is C43H21F6N5. The summed E-state index contributed by atoms with van der Waals surface area (Å²) in [5.41, 5.74) is 2.43. The minimum absolute atomic E-state index is 0.111. The molecule has 0 aliphatic heterocycles. The molecule has 54 heavy (non-hydrogen) atoms. The molecule has 0 amide bonds. The second-order valence-electron chi connectivity index (χ2n) is 12.4. The van der Waals surface area contributed by atoms with Gasteiger partial charge in [-0.3, -0.25) is 0 Å². The van der Waals surface area contributed by atoms with Crippen molar-refractivity contribution in [2.75, 3.05) is 0 Å². The van der Waals surface area contributed by atoms with Crippen LogP contribution >= 0.6 is 0 Å². The Hall–Kier alpha value is -7.11. The lowest BCUT2D eigenvalue weighted by Crippen LogP contribution is -2.11. The molecule has 8 rings (SSSR count). The molecule has 260 valence electrons. The van der Waals surface area contributed by atoms with Crippen LogP contribution in [0, 0.1) is 17.9 Å². The van der Waals surface area contributed by atoms with Gasteiger partial charge in [0.25, 0.3) is 0 Å². The van der Waals surface area contributed by atoms with Crippen LogP contribution in [0.4, 0.5) is 32.0 Å². The monoisotopic (exact) mass is 721 g/mol. The third-order valence-electron chi connectivity index (χ3n) is 9.14. The van der Waals surface area contributed by atoms with Gasteiger partial charge in [-0.2, -0.15) is 31.6 Å². The first-order chi connectivity index (χ1) is 25.9. The highest BCUT2D eigenvalue weighted by atomic mass is 19.4. The fourth-order valence-corrected chi connectivity index (χ4v) is 6.61. The van der Waals surface area contributed by atoms with Crippen molar-refractivity contribution < 1.29 is 26.3 Å². The van der Waals surface area contributed by atoms with Crippen molar-refractivity contribution >= 4 is 38.4 Å². The summed E-state index contributed by atoms with van der Waals surface area (Å²) in [5, 5.41) is 11.3. The summed E-state index contributed by atoms with van der Waals surface area (Å²) in [5.74, 6) is 0. The Kier molecular flexibility index (Phi) is 8.08. The van der Waals surface area contributed by atoms with Crippen molar-refractivity contribution in [3.8, 4) is 51.0 Å². The molecule has 0 saturated carbocycles. The maximum absolute atomic E-state index is 14.0. The van der Waals surface area contributed by atoms with Crippen molar-refractivity contribution in [1.29, 1.82) is 5.26 Å². The van der Waals surface area contributed by atoms with Crippen LogP contribution < -0.4 is 0 Å². The van der Waals surface area contributed by atoms with Crippen LogP contribution in [0.1, 0.15) is 16.7 Å². The lowest BCUT2D eigenvalue weighted by molar-refractivity contribution is -0.143. The lowest BCUT2D eigenvalue weighted by Gasteiger charge is -2.18. The number of para-hydroxylation sites is 1. The van der Waals surface area contributed by atoms with Crippen molar-refractivity contribution in [3.63, 3.8) is 0 Å². The van der Waals surface area contributed by atoms with Gasteiger partial charge in [0.2, 0.25) is 0 Å². The molecule has 6 aromatic carbocycles. The molecule has 0 radical (unpaired) electrons. The summed E-state index contributed by atoms with van der Waals surface area (Å²) < 4.78 is 83.7. The Morgan fingerprint density at radius 1 is 0.537 bits per heavy atom. The van der Waals surface area contributed by atoms with Crippen LogP contribution in [0.3, 0.4) is 0 Å². The Bertz CT molecular complexity index is 2830. The summed E-state index contributed by atoms with van der Waals surface area (Å²) in [4.78, 5) is 18.7. The minimum atomic E-state index is -5.03. The predicted molar refractivity (Wildman–Crippen MR) is 195 cm³/mol. The molecule has 2 aromatic heterocycles. The molecule has 0 N–H and O–H groups in total.